The van der Waals surface area contributed by atoms with E-state index >= 15 is 0 Å². The highest BCUT2D eigenvalue weighted by molar-refractivity contribution is 14.1. The lowest BCUT2D eigenvalue weighted by Crippen LogP contribution is -2.53. The van der Waals surface area contributed by atoms with Gasteiger partial charge in [-0.15, -0.1) is 0 Å². The molecule has 0 unspecified atom stereocenters. The van der Waals surface area contributed by atoms with E-state index in [1.54, 1.807) is 24.8 Å². The number of hydrogen-bond acceptors (Lipinski definition) is 7. The summed E-state index contributed by atoms with van der Waals surface area (Å²) >= 11 is 2.47. The Morgan fingerprint density at radius 1 is 1.07 bits per heavy atom. The third kappa shape index (κ3) is 6.90. The van der Waals surface area contributed by atoms with Crippen molar-refractivity contribution in [1.82, 2.24) is 20.1 Å². The molecule has 2 aromatic carbocycles. The van der Waals surface area contributed by atoms with Crippen molar-refractivity contribution in [3.05, 3.63) is 71.0 Å². The van der Waals surface area contributed by atoms with Crippen molar-refractivity contribution in [2.45, 2.75) is 50.9 Å². The number of nitrogens with zero attached hydrogens (tertiary/aromatic N) is 3. The number of carbonyl (C=O) groups is 2. The predicted molar refractivity (Wildman–Crippen MR) is 180 cm³/mol. The van der Waals surface area contributed by atoms with Crippen LogP contribution >= 0.6 is 22.6 Å². The standard InChI is InChI=1S/C33H42IN5O5/c1-20-5-6-25(38-16-26-7-8-27(17-38)39(26)19-34)13-30(20)32(42)36-21(2)22-9-23(11-29(10-22)44-4)24-12-31(37(3)15-24)33(43)35-14-28(41)18-40/h5-6,9-13,15,21,26-28,40-41H,7-8,14,16-19H2,1-4H3,(H,35,43)(H,36,42)/t21-,26-,27+,28+/m1/s1. The van der Waals surface area contributed by atoms with Gasteiger partial charge in [-0.1, -0.05) is 28.7 Å². The number of hydrogen-bond donors (Lipinski definition) is 4. The van der Waals surface area contributed by atoms with Gasteiger partial charge < -0.3 is 35.1 Å². The minimum absolute atomic E-state index is 0.0466. The number of aliphatic hydroxyl groups is 2. The fourth-order valence-electron chi connectivity index (χ4n) is 6.28. The molecule has 3 heterocycles. The maximum Gasteiger partial charge on any atom is 0.268 e. The van der Waals surface area contributed by atoms with E-state index < -0.39 is 12.7 Å². The number of alkyl halides is 1. The number of fused-ring (bicyclic) bond motifs is 2. The SMILES string of the molecule is COc1cc(-c2cc(C(=O)NC[C@H](O)CO)n(C)c2)cc([C@@H](C)NC(=O)c2cc(N3C[C@H]4CC[C@@H](C3)N4CI)ccc2C)c1. The summed E-state index contributed by atoms with van der Waals surface area (Å²) in [6.45, 7) is 5.42. The van der Waals surface area contributed by atoms with E-state index in [2.05, 4.69) is 49.1 Å². The molecule has 5 rings (SSSR count). The summed E-state index contributed by atoms with van der Waals surface area (Å²) in [7, 11) is 3.37. The minimum Gasteiger partial charge on any atom is -0.497 e. The number of methoxy groups -OCH3 is 1. The van der Waals surface area contributed by atoms with E-state index in [9.17, 15) is 14.7 Å². The zero-order valence-electron chi connectivity index (χ0n) is 25.7. The summed E-state index contributed by atoms with van der Waals surface area (Å²) in [5.41, 5.74) is 5.62. The lowest BCUT2D eigenvalue weighted by Gasteiger charge is -2.41. The van der Waals surface area contributed by atoms with Crippen LogP contribution in [-0.2, 0) is 7.05 Å². The summed E-state index contributed by atoms with van der Waals surface area (Å²) in [6, 6.07) is 14.6. The molecule has 2 bridgehead atoms. The van der Waals surface area contributed by atoms with E-state index in [0.29, 0.717) is 29.1 Å². The number of nitrogens with one attached hydrogen (secondary N) is 2. The third-order valence-corrected chi connectivity index (χ3v) is 9.68. The zero-order chi connectivity index (χ0) is 31.5. The molecular weight excluding hydrogens is 673 g/mol. The van der Waals surface area contributed by atoms with E-state index in [0.717, 1.165) is 45.6 Å². The molecule has 1 aromatic heterocycles. The number of halogens is 1. The molecule has 0 aliphatic carbocycles. The van der Waals surface area contributed by atoms with E-state index in [1.807, 2.05) is 50.4 Å². The zero-order valence-corrected chi connectivity index (χ0v) is 27.9. The molecule has 11 heteroatoms. The molecule has 2 aliphatic rings. The van der Waals surface area contributed by atoms with Crippen LogP contribution in [0.15, 0.2) is 48.7 Å². The molecule has 0 radical (unpaired) electrons. The number of piperazine rings is 1. The number of amides is 2. The Morgan fingerprint density at radius 3 is 2.45 bits per heavy atom. The van der Waals surface area contributed by atoms with Crippen LogP contribution in [0.3, 0.4) is 0 Å². The van der Waals surface area contributed by atoms with Crippen LogP contribution in [0.4, 0.5) is 5.69 Å². The average molecular weight is 716 g/mol. The first kappa shape index (κ1) is 32.3. The van der Waals surface area contributed by atoms with Crippen LogP contribution in [0.1, 0.15) is 57.8 Å². The van der Waals surface area contributed by atoms with Gasteiger partial charge in [-0.25, -0.2) is 0 Å². The van der Waals surface area contributed by atoms with Gasteiger partial charge in [-0.05, 0) is 79.8 Å². The van der Waals surface area contributed by atoms with Gasteiger partial charge >= 0.3 is 0 Å². The number of aryl methyl sites for hydroxylation is 2. The Bertz CT molecular complexity index is 1500. The molecule has 2 saturated heterocycles. The molecule has 10 nitrogen and oxygen atoms in total. The van der Waals surface area contributed by atoms with Crippen molar-refractivity contribution in [3.63, 3.8) is 0 Å². The summed E-state index contributed by atoms with van der Waals surface area (Å²) in [5.74, 6) is 0.156. The normalized spacial score (nSPS) is 19.5. The third-order valence-electron chi connectivity index (χ3n) is 8.89. The van der Waals surface area contributed by atoms with Crippen molar-refractivity contribution < 1.29 is 24.5 Å². The fraction of sp³-hybridized carbons (Fsp3) is 0.455. The second-order valence-electron chi connectivity index (χ2n) is 11.9. The number of aromatic nitrogens is 1. The van der Waals surface area contributed by atoms with Crippen molar-refractivity contribution >= 4 is 40.1 Å². The van der Waals surface area contributed by atoms with Gasteiger partial charge in [0.15, 0.2) is 0 Å². The maximum atomic E-state index is 13.6. The van der Waals surface area contributed by atoms with Crippen LogP contribution in [0.5, 0.6) is 5.75 Å². The molecule has 2 amide bonds. The van der Waals surface area contributed by atoms with Gasteiger partial charge in [0.05, 0.1) is 30.4 Å². The maximum absolute atomic E-state index is 13.6. The molecule has 0 spiro atoms. The molecule has 2 aliphatic heterocycles. The van der Waals surface area contributed by atoms with Crippen LogP contribution in [0.2, 0.25) is 0 Å². The Labute approximate surface area is 272 Å². The lowest BCUT2D eigenvalue weighted by atomic mass is 10.00. The fourth-order valence-corrected chi connectivity index (χ4v) is 7.39. The van der Waals surface area contributed by atoms with Crippen LogP contribution in [0, 0.1) is 6.92 Å². The van der Waals surface area contributed by atoms with E-state index in [4.69, 9.17) is 9.84 Å². The molecule has 236 valence electrons. The smallest absolute Gasteiger partial charge is 0.268 e. The van der Waals surface area contributed by atoms with Crippen molar-refractivity contribution in [3.8, 4) is 16.9 Å². The van der Waals surface area contributed by atoms with Crippen LogP contribution in [-0.4, -0.2) is 87.6 Å². The van der Waals surface area contributed by atoms with Crippen molar-refractivity contribution in [1.29, 1.82) is 0 Å². The molecule has 2 fully saturated rings. The molecule has 0 saturated carbocycles. The van der Waals surface area contributed by atoms with Crippen molar-refractivity contribution in [2.75, 3.05) is 42.8 Å². The first-order chi connectivity index (χ1) is 21.1. The van der Waals surface area contributed by atoms with Gasteiger partial charge in [0, 0.05) is 61.8 Å². The highest BCUT2D eigenvalue weighted by Crippen LogP contribution is 2.34. The second kappa shape index (κ2) is 13.9. The second-order valence-corrected chi connectivity index (χ2v) is 12.6. The number of rotatable bonds is 11. The summed E-state index contributed by atoms with van der Waals surface area (Å²) in [4.78, 5) is 31.4. The summed E-state index contributed by atoms with van der Waals surface area (Å²) in [5, 5.41) is 24.5. The van der Waals surface area contributed by atoms with Gasteiger partial charge in [-0.3, -0.25) is 14.5 Å². The molecule has 4 atom stereocenters. The van der Waals surface area contributed by atoms with Gasteiger partial charge in [0.1, 0.15) is 11.4 Å². The predicted octanol–water partition coefficient (Wildman–Crippen LogP) is 3.63. The Hall–Kier alpha value is -3.13. The highest BCUT2D eigenvalue weighted by Gasteiger charge is 2.39. The van der Waals surface area contributed by atoms with Crippen molar-refractivity contribution in [2.24, 2.45) is 7.05 Å². The van der Waals surface area contributed by atoms with Crippen LogP contribution in [0.25, 0.3) is 11.1 Å². The number of anilines is 1. The number of aliphatic hydroxyl groups excluding tert-OH is 2. The first-order valence-electron chi connectivity index (χ1n) is 15.0. The number of ether oxygens (including phenoxy) is 1. The molecule has 44 heavy (non-hydrogen) atoms. The van der Waals surface area contributed by atoms with E-state index in [1.165, 1.54) is 12.8 Å². The van der Waals surface area contributed by atoms with E-state index in [-0.39, 0.29) is 24.4 Å². The number of carbonyl (C=O) groups excluding carboxylic acids is 2. The van der Waals surface area contributed by atoms with Gasteiger partial charge in [-0.2, -0.15) is 0 Å². The largest absolute Gasteiger partial charge is 0.497 e. The minimum atomic E-state index is -1.02. The monoisotopic (exact) mass is 715 g/mol. The van der Waals surface area contributed by atoms with Gasteiger partial charge in [0.25, 0.3) is 11.8 Å². The van der Waals surface area contributed by atoms with Gasteiger partial charge in [0.2, 0.25) is 0 Å². The molecular formula is C33H42IN5O5. The Morgan fingerprint density at radius 2 is 1.80 bits per heavy atom. The highest BCUT2D eigenvalue weighted by atomic mass is 127. The Kier molecular flexibility index (Phi) is 10.2. The Balaban J connectivity index is 1.33. The molecule has 4 N–H and O–H groups in total. The summed E-state index contributed by atoms with van der Waals surface area (Å²) < 4.78 is 8.37. The lowest BCUT2D eigenvalue weighted by molar-refractivity contribution is 0.0796. The topological polar surface area (TPSA) is 119 Å². The quantitative estimate of drug-likeness (QED) is 0.136. The average Bonchev–Trinajstić information content (AvgIpc) is 3.54. The van der Waals surface area contributed by atoms with Crippen LogP contribution < -0.4 is 20.3 Å². The first-order valence-corrected chi connectivity index (χ1v) is 16.5. The summed E-state index contributed by atoms with van der Waals surface area (Å²) in [6.07, 6.45) is 3.29. The number of benzene rings is 2. The molecule has 3 aromatic rings.